The fourth-order valence-corrected chi connectivity index (χ4v) is 2.43. The Kier molecular flexibility index (Phi) is 4.57. The molecule has 1 aromatic carbocycles. The van der Waals surface area contributed by atoms with Crippen molar-refractivity contribution in [1.82, 2.24) is 5.32 Å². The third-order valence-electron chi connectivity index (χ3n) is 3.39. The summed E-state index contributed by atoms with van der Waals surface area (Å²) in [6, 6.07) is 6.68. The highest BCUT2D eigenvalue weighted by atomic mass is 16.2. The molecule has 1 saturated heterocycles. The van der Waals surface area contributed by atoms with Crippen LogP contribution < -0.4 is 21.7 Å². The zero-order valence-electron chi connectivity index (χ0n) is 11.5. The molecule has 2 atom stereocenters. The van der Waals surface area contributed by atoms with Crippen LogP contribution in [0.4, 0.5) is 16.2 Å². The summed E-state index contributed by atoms with van der Waals surface area (Å²) in [6.07, 6.45) is 1.68. The minimum absolute atomic E-state index is 0.0228. The number of carbonyl (C=O) groups excluding carboxylic acids is 2. The summed E-state index contributed by atoms with van der Waals surface area (Å²) in [6.45, 7) is 2.94. The Bertz CT molecular complexity index is 504. The Morgan fingerprint density at radius 3 is 2.65 bits per heavy atom. The number of anilines is 2. The van der Waals surface area contributed by atoms with Gasteiger partial charge >= 0.3 is 6.03 Å². The van der Waals surface area contributed by atoms with Gasteiger partial charge in [0.15, 0.2) is 0 Å². The van der Waals surface area contributed by atoms with E-state index in [2.05, 4.69) is 22.9 Å². The lowest BCUT2D eigenvalue weighted by Gasteiger charge is -2.27. The molecule has 108 valence electrons. The first-order chi connectivity index (χ1) is 9.54. The van der Waals surface area contributed by atoms with Crippen molar-refractivity contribution >= 4 is 23.3 Å². The smallest absolute Gasteiger partial charge is 0.316 e. The van der Waals surface area contributed by atoms with Gasteiger partial charge in [-0.25, -0.2) is 4.79 Å². The van der Waals surface area contributed by atoms with Gasteiger partial charge in [0.1, 0.15) is 0 Å². The summed E-state index contributed by atoms with van der Waals surface area (Å²) in [5.41, 5.74) is 6.29. The minimum Gasteiger partial charge on any atom is -0.351 e. The number of benzene rings is 1. The number of nitrogens with two attached hydrogens (primary N) is 1. The molecule has 1 fully saturated rings. The highest BCUT2D eigenvalue weighted by Gasteiger charge is 2.24. The van der Waals surface area contributed by atoms with Crippen molar-refractivity contribution in [2.45, 2.75) is 25.8 Å². The maximum absolute atomic E-state index is 12.2. The highest BCUT2D eigenvalue weighted by molar-refractivity contribution is 5.94. The topological polar surface area (TPSA) is 96.2 Å². The zero-order chi connectivity index (χ0) is 14.5. The van der Waals surface area contributed by atoms with Gasteiger partial charge in [-0.2, -0.15) is 0 Å². The fraction of sp³-hybridized carbons (Fsp3) is 0.429. The molecule has 1 heterocycles. The number of piperidine rings is 1. The summed E-state index contributed by atoms with van der Waals surface area (Å²) in [5.74, 6) is 0.0496. The molecule has 0 bridgehead atoms. The third-order valence-corrected chi connectivity index (χ3v) is 3.39. The van der Waals surface area contributed by atoms with Crippen molar-refractivity contribution in [3.8, 4) is 0 Å². The molecule has 1 aliphatic rings. The first-order valence-corrected chi connectivity index (χ1v) is 6.75. The van der Waals surface area contributed by atoms with Crippen LogP contribution in [-0.4, -0.2) is 24.5 Å². The number of amides is 3. The van der Waals surface area contributed by atoms with Gasteiger partial charge in [0.25, 0.3) is 0 Å². The average molecular weight is 276 g/mol. The van der Waals surface area contributed by atoms with Crippen LogP contribution in [0.1, 0.15) is 19.8 Å². The van der Waals surface area contributed by atoms with Crippen molar-refractivity contribution in [3.05, 3.63) is 24.3 Å². The summed E-state index contributed by atoms with van der Waals surface area (Å²) in [7, 11) is 0. The predicted octanol–water partition coefficient (Wildman–Crippen LogP) is 1.50. The van der Waals surface area contributed by atoms with Gasteiger partial charge in [-0.3, -0.25) is 4.79 Å². The van der Waals surface area contributed by atoms with Crippen LogP contribution in [0.15, 0.2) is 24.3 Å². The van der Waals surface area contributed by atoms with E-state index >= 15 is 0 Å². The van der Waals surface area contributed by atoms with Gasteiger partial charge in [0.2, 0.25) is 5.91 Å². The number of primary amides is 1. The van der Waals surface area contributed by atoms with E-state index in [4.69, 9.17) is 5.73 Å². The van der Waals surface area contributed by atoms with E-state index in [0.717, 1.165) is 19.4 Å². The highest BCUT2D eigenvalue weighted by Crippen LogP contribution is 2.20. The summed E-state index contributed by atoms with van der Waals surface area (Å²) < 4.78 is 0. The summed E-state index contributed by atoms with van der Waals surface area (Å²) in [4.78, 5) is 23.0. The van der Waals surface area contributed by atoms with Crippen molar-refractivity contribution in [2.24, 2.45) is 11.7 Å². The van der Waals surface area contributed by atoms with Crippen molar-refractivity contribution in [2.75, 3.05) is 17.2 Å². The molecule has 0 aliphatic carbocycles. The standard InChI is InChI=1S/C14H20N4O2/c1-9-7-10(5-6-16-9)13(19)17-11-3-2-4-12(8-11)18-14(15)20/h2-4,8-10,16H,5-7H2,1H3,(H,17,19)(H3,15,18,20). The van der Waals surface area contributed by atoms with Crippen LogP contribution in [0.25, 0.3) is 0 Å². The molecule has 2 rings (SSSR count). The Hall–Kier alpha value is -2.08. The second kappa shape index (κ2) is 6.38. The molecule has 0 saturated carbocycles. The maximum atomic E-state index is 12.2. The molecular formula is C14H20N4O2. The normalized spacial score (nSPS) is 22.1. The molecule has 3 amide bonds. The molecule has 1 aromatic rings. The second-order valence-corrected chi connectivity index (χ2v) is 5.14. The van der Waals surface area contributed by atoms with Crippen molar-refractivity contribution in [3.63, 3.8) is 0 Å². The van der Waals surface area contributed by atoms with E-state index in [-0.39, 0.29) is 11.8 Å². The minimum atomic E-state index is -0.624. The van der Waals surface area contributed by atoms with E-state index in [9.17, 15) is 9.59 Å². The Labute approximate surface area is 118 Å². The summed E-state index contributed by atoms with van der Waals surface area (Å²) >= 11 is 0. The average Bonchev–Trinajstić information content (AvgIpc) is 2.38. The van der Waals surface area contributed by atoms with Crippen LogP contribution >= 0.6 is 0 Å². The van der Waals surface area contributed by atoms with Crippen LogP contribution in [-0.2, 0) is 4.79 Å². The predicted molar refractivity (Wildman–Crippen MR) is 78.5 cm³/mol. The van der Waals surface area contributed by atoms with E-state index in [1.807, 2.05) is 0 Å². The fourth-order valence-electron chi connectivity index (χ4n) is 2.43. The Morgan fingerprint density at radius 1 is 1.30 bits per heavy atom. The van der Waals surface area contributed by atoms with Crippen molar-refractivity contribution < 1.29 is 9.59 Å². The number of rotatable bonds is 3. The SMILES string of the molecule is CC1CC(C(=O)Nc2cccc(NC(N)=O)c2)CCN1. The second-order valence-electron chi connectivity index (χ2n) is 5.14. The quantitative estimate of drug-likeness (QED) is 0.673. The molecule has 5 N–H and O–H groups in total. The Balaban J connectivity index is 1.98. The number of hydrogen-bond acceptors (Lipinski definition) is 3. The summed E-state index contributed by atoms with van der Waals surface area (Å²) in [5, 5.41) is 8.69. The largest absolute Gasteiger partial charge is 0.351 e. The first kappa shape index (κ1) is 14.3. The molecule has 0 radical (unpaired) electrons. The number of hydrogen-bond donors (Lipinski definition) is 4. The monoisotopic (exact) mass is 276 g/mol. The van der Waals surface area contributed by atoms with E-state index < -0.39 is 6.03 Å². The van der Waals surface area contributed by atoms with E-state index in [1.54, 1.807) is 24.3 Å². The van der Waals surface area contributed by atoms with Gasteiger partial charge in [-0.15, -0.1) is 0 Å². The molecule has 6 nitrogen and oxygen atoms in total. The number of carbonyl (C=O) groups is 2. The lowest BCUT2D eigenvalue weighted by atomic mass is 9.92. The molecule has 1 aliphatic heterocycles. The van der Waals surface area contributed by atoms with E-state index in [1.165, 1.54) is 0 Å². The van der Waals surface area contributed by atoms with Gasteiger partial charge in [-0.05, 0) is 44.5 Å². The Morgan fingerprint density at radius 2 is 2.00 bits per heavy atom. The molecule has 0 spiro atoms. The van der Waals surface area contributed by atoms with Crippen LogP contribution in [0.2, 0.25) is 0 Å². The van der Waals surface area contributed by atoms with Gasteiger partial charge in [0, 0.05) is 23.3 Å². The molecule has 0 aromatic heterocycles. The van der Waals surface area contributed by atoms with Gasteiger partial charge in [0.05, 0.1) is 0 Å². The van der Waals surface area contributed by atoms with Gasteiger partial charge < -0.3 is 21.7 Å². The molecule has 2 unspecified atom stereocenters. The number of urea groups is 1. The molecule has 6 heteroatoms. The maximum Gasteiger partial charge on any atom is 0.316 e. The van der Waals surface area contributed by atoms with Crippen LogP contribution in [0, 0.1) is 5.92 Å². The van der Waals surface area contributed by atoms with Crippen LogP contribution in [0.5, 0.6) is 0 Å². The molecule has 20 heavy (non-hydrogen) atoms. The van der Waals surface area contributed by atoms with E-state index in [0.29, 0.717) is 17.4 Å². The van der Waals surface area contributed by atoms with Crippen molar-refractivity contribution in [1.29, 1.82) is 0 Å². The molecular weight excluding hydrogens is 256 g/mol. The zero-order valence-corrected chi connectivity index (χ0v) is 11.5. The first-order valence-electron chi connectivity index (χ1n) is 6.75. The van der Waals surface area contributed by atoms with Gasteiger partial charge in [-0.1, -0.05) is 6.07 Å². The lowest BCUT2D eigenvalue weighted by Crippen LogP contribution is -2.40. The third kappa shape index (κ3) is 3.96. The van der Waals surface area contributed by atoms with Crippen LogP contribution in [0.3, 0.4) is 0 Å². The lowest BCUT2D eigenvalue weighted by molar-refractivity contribution is -0.120. The number of nitrogens with one attached hydrogen (secondary N) is 3.